The predicted molar refractivity (Wildman–Crippen MR) is 63.8 cm³/mol. The first-order chi connectivity index (χ1) is 7.54. The van der Waals surface area contributed by atoms with Gasteiger partial charge in [-0.15, -0.1) is 0 Å². The lowest BCUT2D eigenvalue weighted by Gasteiger charge is -2.06. The van der Waals surface area contributed by atoms with E-state index >= 15 is 0 Å². The maximum absolute atomic E-state index is 10.8. The molecule has 0 heterocycles. The summed E-state index contributed by atoms with van der Waals surface area (Å²) in [5, 5.41) is 3.81. The summed E-state index contributed by atoms with van der Waals surface area (Å²) < 4.78 is 4.40. The largest absolute Gasteiger partial charge is 0.452 e. The molecule has 1 rings (SSSR count). The number of carbonyl (C=O) groups is 1. The van der Waals surface area contributed by atoms with Crippen LogP contribution in [0.15, 0.2) is 17.2 Å². The Morgan fingerprint density at radius 3 is 2.38 bits per heavy atom. The van der Waals surface area contributed by atoms with Gasteiger partial charge in [0.2, 0.25) is 0 Å². The van der Waals surface area contributed by atoms with Gasteiger partial charge < -0.3 is 4.74 Å². The molecule has 0 saturated heterocycles. The highest BCUT2D eigenvalue weighted by Crippen LogP contribution is 2.13. The molecule has 0 aliphatic rings. The van der Waals surface area contributed by atoms with Crippen LogP contribution in [0.3, 0.4) is 0 Å². The molecule has 86 valence electrons. The number of hydrogen-bond donors (Lipinski definition) is 1. The lowest BCUT2D eigenvalue weighted by atomic mass is 10.0. The number of ether oxygens (including phenoxy) is 1. The van der Waals surface area contributed by atoms with Crippen molar-refractivity contribution in [3.63, 3.8) is 0 Å². The third-order valence-corrected chi connectivity index (χ3v) is 2.27. The van der Waals surface area contributed by atoms with Gasteiger partial charge in [0.1, 0.15) is 0 Å². The van der Waals surface area contributed by atoms with Gasteiger partial charge in [0, 0.05) is 5.56 Å². The maximum Gasteiger partial charge on any atom is 0.427 e. The van der Waals surface area contributed by atoms with Crippen molar-refractivity contribution in [2.24, 2.45) is 5.10 Å². The van der Waals surface area contributed by atoms with Crippen molar-refractivity contribution in [3.05, 3.63) is 34.4 Å². The Hall–Kier alpha value is -1.84. The smallest absolute Gasteiger partial charge is 0.427 e. The zero-order valence-electron chi connectivity index (χ0n) is 10.00. The molecule has 1 aromatic rings. The van der Waals surface area contributed by atoms with Crippen LogP contribution in [0.2, 0.25) is 0 Å². The topological polar surface area (TPSA) is 50.7 Å². The monoisotopic (exact) mass is 220 g/mol. The average molecular weight is 220 g/mol. The molecule has 1 N–H and O–H groups in total. The van der Waals surface area contributed by atoms with Gasteiger partial charge in [-0.1, -0.05) is 17.7 Å². The van der Waals surface area contributed by atoms with Gasteiger partial charge in [0.05, 0.1) is 13.3 Å². The van der Waals surface area contributed by atoms with Crippen LogP contribution >= 0.6 is 0 Å². The van der Waals surface area contributed by atoms with E-state index in [0.717, 1.165) is 16.7 Å². The van der Waals surface area contributed by atoms with Crippen molar-refractivity contribution >= 4 is 12.3 Å². The number of aryl methyl sites for hydroxylation is 3. The van der Waals surface area contributed by atoms with Crippen LogP contribution in [0, 0.1) is 20.8 Å². The first-order valence-electron chi connectivity index (χ1n) is 4.99. The molecule has 4 heteroatoms. The van der Waals surface area contributed by atoms with Gasteiger partial charge in [0.15, 0.2) is 0 Å². The van der Waals surface area contributed by atoms with Crippen molar-refractivity contribution in [1.29, 1.82) is 0 Å². The van der Waals surface area contributed by atoms with Crippen molar-refractivity contribution in [2.75, 3.05) is 7.11 Å². The van der Waals surface area contributed by atoms with Crippen molar-refractivity contribution < 1.29 is 9.53 Å². The zero-order valence-corrected chi connectivity index (χ0v) is 10.00. The van der Waals surface area contributed by atoms with Crippen LogP contribution < -0.4 is 5.43 Å². The highest BCUT2D eigenvalue weighted by molar-refractivity contribution is 5.84. The summed E-state index contributed by atoms with van der Waals surface area (Å²) >= 11 is 0. The third-order valence-electron chi connectivity index (χ3n) is 2.27. The Bertz CT molecular complexity index is 402. The fraction of sp³-hybridized carbons (Fsp3) is 0.333. The second kappa shape index (κ2) is 5.30. The van der Waals surface area contributed by atoms with Crippen LogP contribution in [-0.2, 0) is 4.74 Å². The van der Waals surface area contributed by atoms with E-state index in [1.54, 1.807) is 6.21 Å². The van der Waals surface area contributed by atoms with Crippen LogP contribution in [0.1, 0.15) is 22.3 Å². The molecule has 0 aliphatic carbocycles. The average Bonchev–Trinajstić information content (AvgIpc) is 2.21. The first-order valence-corrected chi connectivity index (χ1v) is 4.99. The number of nitrogens with zero attached hydrogens (tertiary/aromatic N) is 1. The first kappa shape index (κ1) is 12.2. The number of methoxy groups -OCH3 is 1. The zero-order chi connectivity index (χ0) is 12.1. The number of benzene rings is 1. The standard InChI is InChI=1S/C12H16N2O2/c1-8-5-9(2)11(10(3)6-8)7-13-14-12(15)16-4/h5-7H,1-4H3,(H,14,15)/b13-7+. The molecule has 0 aromatic heterocycles. The Balaban J connectivity index is 2.85. The number of amides is 1. The highest BCUT2D eigenvalue weighted by Gasteiger charge is 2.01. The van der Waals surface area contributed by atoms with E-state index in [4.69, 9.17) is 0 Å². The van der Waals surface area contributed by atoms with Crippen LogP contribution in [-0.4, -0.2) is 19.4 Å². The van der Waals surface area contributed by atoms with Crippen molar-refractivity contribution in [2.45, 2.75) is 20.8 Å². The van der Waals surface area contributed by atoms with Gasteiger partial charge in [-0.2, -0.15) is 5.10 Å². The summed E-state index contributed by atoms with van der Waals surface area (Å²) in [6.45, 7) is 6.08. The summed E-state index contributed by atoms with van der Waals surface area (Å²) in [7, 11) is 1.30. The minimum absolute atomic E-state index is 0.571. The van der Waals surface area contributed by atoms with E-state index in [0.29, 0.717) is 0 Å². The molecule has 0 spiro atoms. The molecular formula is C12H16N2O2. The van der Waals surface area contributed by atoms with E-state index in [1.165, 1.54) is 12.7 Å². The Kier molecular flexibility index (Phi) is 4.05. The van der Waals surface area contributed by atoms with E-state index in [9.17, 15) is 4.79 Å². The summed E-state index contributed by atoms with van der Waals surface area (Å²) in [5.41, 5.74) is 6.75. The van der Waals surface area contributed by atoms with Gasteiger partial charge in [-0.3, -0.25) is 0 Å². The summed E-state index contributed by atoms with van der Waals surface area (Å²) in [5.74, 6) is 0. The second-order valence-electron chi connectivity index (χ2n) is 3.67. The number of hydrogen-bond acceptors (Lipinski definition) is 3. The summed E-state index contributed by atoms with van der Waals surface area (Å²) in [6.07, 6.45) is 1.06. The molecule has 1 amide bonds. The normalized spacial score (nSPS) is 10.5. The molecule has 16 heavy (non-hydrogen) atoms. The Morgan fingerprint density at radius 1 is 1.31 bits per heavy atom. The van der Waals surface area contributed by atoms with Crippen molar-refractivity contribution in [1.82, 2.24) is 5.43 Å². The highest BCUT2D eigenvalue weighted by atomic mass is 16.5. The number of nitrogens with one attached hydrogen (secondary N) is 1. The maximum atomic E-state index is 10.8. The molecule has 0 bridgehead atoms. The minimum atomic E-state index is -0.571. The fourth-order valence-corrected chi connectivity index (χ4v) is 1.59. The van der Waals surface area contributed by atoms with Gasteiger partial charge in [0.25, 0.3) is 0 Å². The van der Waals surface area contributed by atoms with E-state index in [2.05, 4.69) is 27.4 Å². The number of hydrazone groups is 1. The molecule has 0 atom stereocenters. The summed E-state index contributed by atoms with van der Waals surface area (Å²) in [4.78, 5) is 10.8. The molecule has 1 aromatic carbocycles. The van der Waals surface area contributed by atoms with E-state index in [1.807, 2.05) is 20.8 Å². The lowest BCUT2D eigenvalue weighted by Crippen LogP contribution is -2.16. The predicted octanol–water partition coefficient (Wildman–Crippen LogP) is 2.30. The van der Waals surface area contributed by atoms with Crippen LogP contribution in [0.4, 0.5) is 4.79 Å². The molecule has 0 aliphatic heterocycles. The quantitative estimate of drug-likeness (QED) is 0.614. The Morgan fingerprint density at radius 2 is 1.88 bits per heavy atom. The Labute approximate surface area is 95.3 Å². The van der Waals surface area contributed by atoms with Gasteiger partial charge in [-0.25, -0.2) is 10.2 Å². The molecule has 0 saturated carbocycles. The van der Waals surface area contributed by atoms with Crippen LogP contribution in [0.5, 0.6) is 0 Å². The van der Waals surface area contributed by atoms with E-state index < -0.39 is 6.09 Å². The fourth-order valence-electron chi connectivity index (χ4n) is 1.59. The van der Waals surface area contributed by atoms with Crippen LogP contribution in [0.25, 0.3) is 0 Å². The molecule has 0 radical (unpaired) electrons. The summed E-state index contributed by atoms with van der Waals surface area (Å²) in [6, 6.07) is 4.15. The van der Waals surface area contributed by atoms with Gasteiger partial charge in [-0.05, 0) is 31.9 Å². The van der Waals surface area contributed by atoms with Gasteiger partial charge >= 0.3 is 6.09 Å². The third kappa shape index (κ3) is 3.08. The lowest BCUT2D eigenvalue weighted by molar-refractivity contribution is 0.171. The molecule has 0 unspecified atom stereocenters. The molecule has 0 fully saturated rings. The SMILES string of the molecule is COC(=O)N/N=C/c1c(C)cc(C)cc1C. The van der Waals surface area contributed by atoms with Crippen molar-refractivity contribution in [3.8, 4) is 0 Å². The minimum Gasteiger partial charge on any atom is -0.452 e. The number of rotatable bonds is 2. The second-order valence-corrected chi connectivity index (χ2v) is 3.67. The van der Waals surface area contributed by atoms with E-state index in [-0.39, 0.29) is 0 Å². The molecule has 4 nitrogen and oxygen atoms in total. The molecular weight excluding hydrogens is 204 g/mol. The number of carbonyl (C=O) groups excluding carboxylic acids is 1.